The van der Waals surface area contributed by atoms with Crippen LogP contribution in [0.4, 0.5) is 0 Å². The number of carbonyl (C=O) groups is 2. The van der Waals surface area contributed by atoms with Crippen LogP contribution >= 0.6 is 0 Å². The van der Waals surface area contributed by atoms with E-state index in [-0.39, 0.29) is 12.2 Å². The highest BCUT2D eigenvalue weighted by molar-refractivity contribution is 5.96. The number of nitrogens with zero attached hydrogens (tertiary/aromatic N) is 1. The summed E-state index contributed by atoms with van der Waals surface area (Å²) in [5, 5.41) is 0. The van der Waals surface area contributed by atoms with Crippen LogP contribution in [0.2, 0.25) is 0 Å². The molecule has 0 N–H and O–H groups in total. The first-order valence-corrected chi connectivity index (χ1v) is 6.55. The van der Waals surface area contributed by atoms with Crippen molar-refractivity contribution in [2.45, 2.75) is 39.5 Å². The standard InChI is InChI=1S/C13H23NO3/c1-3-14(9-11-6-5-7-11)10-12(15)8-13(16)17-4-2/h11H,3-10H2,1-2H3. The van der Waals surface area contributed by atoms with Crippen molar-refractivity contribution in [3.05, 3.63) is 0 Å². The lowest BCUT2D eigenvalue weighted by Gasteiger charge is -2.31. The fraction of sp³-hybridized carbons (Fsp3) is 0.846. The summed E-state index contributed by atoms with van der Waals surface area (Å²) in [5.74, 6) is 0.312. The molecule has 0 aromatic carbocycles. The van der Waals surface area contributed by atoms with E-state index < -0.39 is 5.97 Å². The maximum atomic E-state index is 11.6. The number of carbonyl (C=O) groups excluding carboxylic acids is 2. The van der Waals surface area contributed by atoms with Crippen molar-refractivity contribution in [2.24, 2.45) is 5.92 Å². The molecule has 0 heterocycles. The fourth-order valence-corrected chi connectivity index (χ4v) is 2.02. The van der Waals surface area contributed by atoms with Crippen LogP contribution in [-0.2, 0) is 14.3 Å². The van der Waals surface area contributed by atoms with Crippen LogP contribution in [0.5, 0.6) is 0 Å². The monoisotopic (exact) mass is 241 g/mol. The van der Waals surface area contributed by atoms with Crippen molar-refractivity contribution in [1.29, 1.82) is 0 Å². The third kappa shape index (κ3) is 5.31. The van der Waals surface area contributed by atoms with Crippen molar-refractivity contribution in [2.75, 3.05) is 26.2 Å². The Morgan fingerprint density at radius 2 is 2.00 bits per heavy atom. The molecule has 4 heteroatoms. The van der Waals surface area contributed by atoms with Gasteiger partial charge in [0.2, 0.25) is 0 Å². The zero-order chi connectivity index (χ0) is 12.7. The number of rotatable bonds is 8. The Morgan fingerprint density at radius 3 is 2.47 bits per heavy atom. The molecule has 17 heavy (non-hydrogen) atoms. The molecular formula is C13H23NO3. The van der Waals surface area contributed by atoms with E-state index >= 15 is 0 Å². The van der Waals surface area contributed by atoms with Gasteiger partial charge in [-0.1, -0.05) is 13.3 Å². The van der Waals surface area contributed by atoms with Crippen LogP contribution in [0.3, 0.4) is 0 Å². The minimum atomic E-state index is -0.405. The minimum absolute atomic E-state index is 0.0374. The molecule has 98 valence electrons. The van der Waals surface area contributed by atoms with Crippen molar-refractivity contribution < 1.29 is 14.3 Å². The van der Waals surface area contributed by atoms with E-state index in [4.69, 9.17) is 4.74 Å². The van der Waals surface area contributed by atoms with Crippen LogP contribution < -0.4 is 0 Å². The average Bonchev–Trinajstić information content (AvgIpc) is 2.21. The van der Waals surface area contributed by atoms with Crippen molar-refractivity contribution in [1.82, 2.24) is 4.90 Å². The van der Waals surface area contributed by atoms with Crippen LogP contribution in [0, 0.1) is 5.92 Å². The van der Waals surface area contributed by atoms with Gasteiger partial charge in [-0.05, 0) is 32.2 Å². The van der Waals surface area contributed by atoms with Crippen molar-refractivity contribution in [3.63, 3.8) is 0 Å². The zero-order valence-corrected chi connectivity index (χ0v) is 10.9. The van der Waals surface area contributed by atoms with E-state index in [1.54, 1.807) is 6.92 Å². The molecule has 0 aromatic rings. The Kier molecular flexibility index (Phi) is 6.19. The van der Waals surface area contributed by atoms with Gasteiger partial charge in [0.25, 0.3) is 0 Å². The molecule has 0 spiro atoms. The van der Waals surface area contributed by atoms with Crippen LogP contribution in [0.15, 0.2) is 0 Å². The molecule has 4 nitrogen and oxygen atoms in total. The summed E-state index contributed by atoms with van der Waals surface area (Å²) in [6, 6.07) is 0. The highest BCUT2D eigenvalue weighted by atomic mass is 16.5. The Balaban J connectivity index is 2.23. The van der Waals surface area contributed by atoms with Gasteiger partial charge < -0.3 is 4.74 Å². The first-order chi connectivity index (χ1) is 8.15. The molecular weight excluding hydrogens is 218 g/mol. The molecule has 1 rings (SSSR count). The number of hydrogen-bond donors (Lipinski definition) is 0. The Labute approximate surface area is 103 Å². The Hall–Kier alpha value is -0.900. The summed E-state index contributed by atoms with van der Waals surface area (Å²) in [6.07, 6.45) is 3.79. The second-order valence-electron chi connectivity index (χ2n) is 4.65. The lowest BCUT2D eigenvalue weighted by Crippen LogP contribution is -2.36. The summed E-state index contributed by atoms with van der Waals surface area (Å²) in [6.45, 7) is 6.38. The van der Waals surface area contributed by atoms with E-state index in [0.29, 0.717) is 13.2 Å². The molecule has 1 aliphatic rings. The predicted octanol–water partition coefficient (Wildman–Crippen LogP) is 1.63. The van der Waals surface area contributed by atoms with E-state index in [2.05, 4.69) is 11.8 Å². The van der Waals surface area contributed by atoms with Gasteiger partial charge in [0.15, 0.2) is 5.78 Å². The smallest absolute Gasteiger partial charge is 0.313 e. The van der Waals surface area contributed by atoms with Gasteiger partial charge >= 0.3 is 5.97 Å². The van der Waals surface area contributed by atoms with E-state index in [1.165, 1.54) is 19.3 Å². The van der Waals surface area contributed by atoms with Crippen LogP contribution in [-0.4, -0.2) is 42.9 Å². The van der Waals surface area contributed by atoms with Gasteiger partial charge in [0, 0.05) is 6.54 Å². The molecule has 0 atom stereocenters. The molecule has 1 saturated carbocycles. The number of ether oxygens (including phenoxy) is 1. The van der Waals surface area contributed by atoms with Gasteiger partial charge in [-0.15, -0.1) is 0 Å². The van der Waals surface area contributed by atoms with Crippen LogP contribution in [0.1, 0.15) is 39.5 Å². The van der Waals surface area contributed by atoms with Crippen LogP contribution in [0.25, 0.3) is 0 Å². The molecule has 0 amide bonds. The lowest BCUT2D eigenvalue weighted by molar-refractivity contribution is -0.145. The summed E-state index contributed by atoms with van der Waals surface area (Å²) in [4.78, 5) is 24.9. The largest absolute Gasteiger partial charge is 0.466 e. The highest BCUT2D eigenvalue weighted by Crippen LogP contribution is 2.26. The van der Waals surface area contributed by atoms with Gasteiger partial charge in [-0.25, -0.2) is 0 Å². The maximum Gasteiger partial charge on any atom is 0.313 e. The van der Waals surface area contributed by atoms with Crippen molar-refractivity contribution >= 4 is 11.8 Å². The topological polar surface area (TPSA) is 46.6 Å². The maximum absolute atomic E-state index is 11.6. The number of hydrogen-bond acceptors (Lipinski definition) is 4. The average molecular weight is 241 g/mol. The third-order valence-electron chi connectivity index (χ3n) is 3.24. The SMILES string of the molecule is CCOC(=O)CC(=O)CN(CC)CC1CCC1. The second-order valence-corrected chi connectivity index (χ2v) is 4.65. The van der Waals surface area contributed by atoms with Gasteiger partial charge in [-0.3, -0.25) is 14.5 Å². The molecule has 0 bridgehead atoms. The predicted molar refractivity (Wildman–Crippen MR) is 65.7 cm³/mol. The minimum Gasteiger partial charge on any atom is -0.466 e. The first kappa shape index (κ1) is 14.2. The van der Waals surface area contributed by atoms with E-state index in [9.17, 15) is 9.59 Å². The van der Waals surface area contributed by atoms with Gasteiger partial charge in [0.05, 0.1) is 13.2 Å². The van der Waals surface area contributed by atoms with E-state index in [0.717, 1.165) is 19.0 Å². The summed E-state index contributed by atoms with van der Waals surface area (Å²) >= 11 is 0. The van der Waals surface area contributed by atoms with Gasteiger partial charge in [0.1, 0.15) is 6.42 Å². The first-order valence-electron chi connectivity index (χ1n) is 6.55. The number of likely N-dealkylation sites (N-methyl/N-ethyl adjacent to an activating group) is 1. The number of Topliss-reactive ketones (excluding diaryl/α,β-unsaturated/α-hetero) is 1. The third-order valence-corrected chi connectivity index (χ3v) is 3.24. The normalized spacial score (nSPS) is 15.7. The second kappa shape index (κ2) is 7.43. The van der Waals surface area contributed by atoms with Crippen molar-refractivity contribution in [3.8, 4) is 0 Å². The number of esters is 1. The fourth-order valence-electron chi connectivity index (χ4n) is 2.02. The zero-order valence-electron chi connectivity index (χ0n) is 10.9. The molecule has 0 saturated heterocycles. The molecule has 0 unspecified atom stereocenters. The Bertz CT molecular complexity index is 261. The summed E-state index contributed by atoms with van der Waals surface area (Å²) in [5.41, 5.74) is 0. The molecule has 0 radical (unpaired) electrons. The quantitative estimate of drug-likeness (QED) is 0.478. The number of ketones is 1. The van der Waals surface area contributed by atoms with E-state index in [1.807, 2.05) is 0 Å². The molecule has 1 aliphatic carbocycles. The molecule has 1 fully saturated rings. The Morgan fingerprint density at radius 1 is 1.29 bits per heavy atom. The molecule has 0 aliphatic heterocycles. The molecule has 0 aromatic heterocycles. The highest BCUT2D eigenvalue weighted by Gasteiger charge is 2.21. The summed E-state index contributed by atoms with van der Waals surface area (Å²) in [7, 11) is 0. The summed E-state index contributed by atoms with van der Waals surface area (Å²) < 4.78 is 4.76. The lowest BCUT2D eigenvalue weighted by atomic mass is 9.85. The van der Waals surface area contributed by atoms with Gasteiger partial charge in [-0.2, -0.15) is 0 Å².